The number of hydrogen-bond donors (Lipinski definition) is 0. The van der Waals surface area contributed by atoms with Gasteiger partial charge in [-0.3, -0.25) is 4.79 Å². The third-order valence-electron chi connectivity index (χ3n) is 3.77. The van der Waals surface area contributed by atoms with Crippen molar-refractivity contribution in [1.82, 2.24) is 4.40 Å². The summed E-state index contributed by atoms with van der Waals surface area (Å²) in [5, 5.41) is 0. The standard InChI is InChI=1S/C18H12F3NO3/c1-25-17(24)13-12-9-5-6-10-22(12)15(14(13)18(19,20)21)16(23)11-7-3-2-4-8-11/h2-10H,1H3. The highest BCUT2D eigenvalue weighted by Gasteiger charge is 2.43. The molecule has 0 amide bonds. The van der Waals surface area contributed by atoms with E-state index in [2.05, 4.69) is 4.74 Å². The fourth-order valence-electron chi connectivity index (χ4n) is 2.74. The van der Waals surface area contributed by atoms with Crippen molar-refractivity contribution in [2.45, 2.75) is 6.18 Å². The monoisotopic (exact) mass is 347 g/mol. The van der Waals surface area contributed by atoms with E-state index in [0.29, 0.717) is 0 Å². The van der Waals surface area contributed by atoms with Crippen molar-refractivity contribution in [3.63, 3.8) is 0 Å². The molecule has 0 N–H and O–H groups in total. The molecule has 2 aromatic heterocycles. The zero-order valence-electron chi connectivity index (χ0n) is 13.0. The van der Waals surface area contributed by atoms with Gasteiger partial charge in [-0.15, -0.1) is 0 Å². The largest absolute Gasteiger partial charge is 0.465 e. The van der Waals surface area contributed by atoms with Gasteiger partial charge in [-0.25, -0.2) is 4.79 Å². The number of fused-ring (bicyclic) bond motifs is 1. The van der Waals surface area contributed by atoms with Crippen molar-refractivity contribution in [1.29, 1.82) is 0 Å². The number of rotatable bonds is 3. The van der Waals surface area contributed by atoms with Crippen molar-refractivity contribution in [3.05, 3.63) is 77.1 Å². The number of carbonyl (C=O) groups is 2. The highest BCUT2D eigenvalue weighted by molar-refractivity contribution is 6.13. The summed E-state index contributed by atoms with van der Waals surface area (Å²) in [5.41, 5.74) is -2.53. The van der Waals surface area contributed by atoms with Crippen LogP contribution in [0.5, 0.6) is 0 Å². The first-order valence-corrected chi connectivity index (χ1v) is 7.24. The SMILES string of the molecule is COC(=O)c1c(C(F)(F)F)c(C(=O)c2ccccc2)n2ccccc12. The summed E-state index contributed by atoms with van der Waals surface area (Å²) in [4.78, 5) is 24.8. The van der Waals surface area contributed by atoms with Gasteiger partial charge in [0.25, 0.3) is 0 Å². The molecule has 3 aromatic rings. The highest BCUT2D eigenvalue weighted by Crippen LogP contribution is 2.39. The van der Waals surface area contributed by atoms with Crippen LogP contribution in [0.25, 0.3) is 5.52 Å². The first-order valence-electron chi connectivity index (χ1n) is 7.24. The van der Waals surface area contributed by atoms with Crippen LogP contribution >= 0.6 is 0 Å². The average molecular weight is 347 g/mol. The predicted molar refractivity (Wildman–Crippen MR) is 83.6 cm³/mol. The first-order chi connectivity index (χ1) is 11.9. The molecule has 0 spiro atoms. The lowest BCUT2D eigenvalue weighted by atomic mass is 10.0. The second-order valence-electron chi connectivity index (χ2n) is 5.24. The topological polar surface area (TPSA) is 47.8 Å². The number of alkyl halides is 3. The lowest BCUT2D eigenvalue weighted by molar-refractivity contribution is -0.138. The molecule has 1 aromatic carbocycles. The maximum atomic E-state index is 13.7. The Morgan fingerprint density at radius 3 is 2.24 bits per heavy atom. The van der Waals surface area contributed by atoms with Crippen LogP contribution in [-0.4, -0.2) is 23.3 Å². The Labute approximate surface area is 140 Å². The second-order valence-corrected chi connectivity index (χ2v) is 5.24. The summed E-state index contributed by atoms with van der Waals surface area (Å²) >= 11 is 0. The van der Waals surface area contributed by atoms with E-state index < -0.39 is 34.7 Å². The van der Waals surface area contributed by atoms with Gasteiger partial charge in [-0.05, 0) is 12.1 Å². The van der Waals surface area contributed by atoms with E-state index in [1.807, 2.05) is 0 Å². The number of methoxy groups -OCH3 is 1. The van der Waals surface area contributed by atoms with E-state index >= 15 is 0 Å². The molecule has 0 aliphatic rings. The van der Waals surface area contributed by atoms with Gasteiger partial charge >= 0.3 is 12.1 Å². The number of carbonyl (C=O) groups excluding carboxylic acids is 2. The fourth-order valence-corrected chi connectivity index (χ4v) is 2.74. The average Bonchev–Trinajstić information content (AvgIpc) is 2.96. The van der Waals surface area contributed by atoms with Crippen molar-refractivity contribution < 1.29 is 27.5 Å². The van der Waals surface area contributed by atoms with E-state index in [4.69, 9.17) is 0 Å². The van der Waals surface area contributed by atoms with E-state index in [0.717, 1.165) is 11.5 Å². The highest BCUT2D eigenvalue weighted by atomic mass is 19.4. The zero-order chi connectivity index (χ0) is 18.2. The minimum Gasteiger partial charge on any atom is -0.465 e. The molecule has 2 heterocycles. The van der Waals surface area contributed by atoms with Crippen molar-refractivity contribution in [3.8, 4) is 0 Å². The van der Waals surface area contributed by atoms with Crippen LogP contribution < -0.4 is 0 Å². The Morgan fingerprint density at radius 2 is 1.64 bits per heavy atom. The van der Waals surface area contributed by atoms with Gasteiger partial charge < -0.3 is 9.14 Å². The molecule has 25 heavy (non-hydrogen) atoms. The van der Waals surface area contributed by atoms with E-state index in [-0.39, 0.29) is 11.1 Å². The van der Waals surface area contributed by atoms with Crippen molar-refractivity contribution in [2.24, 2.45) is 0 Å². The molecular formula is C18H12F3NO3. The van der Waals surface area contributed by atoms with Crippen LogP contribution in [0.3, 0.4) is 0 Å². The molecule has 0 fully saturated rings. The molecule has 0 saturated heterocycles. The molecule has 0 bridgehead atoms. The Morgan fingerprint density at radius 1 is 1.00 bits per heavy atom. The fraction of sp³-hybridized carbons (Fsp3) is 0.111. The molecule has 0 aliphatic heterocycles. The van der Waals surface area contributed by atoms with Gasteiger partial charge in [-0.2, -0.15) is 13.2 Å². The number of ketones is 1. The number of pyridine rings is 1. The van der Waals surface area contributed by atoms with Gasteiger partial charge in [0, 0.05) is 11.8 Å². The molecule has 0 unspecified atom stereocenters. The summed E-state index contributed by atoms with van der Waals surface area (Å²) in [7, 11) is 0.994. The molecule has 0 saturated carbocycles. The summed E-state index contributed by atoms with van der Waals surface area (Å²) in [6, 6.07) is 11.9. The van der Waals surface area contributed by atoms with Gasteiger partial charge in [0.05, 0.1) is 18.2 Å². The predicted octanol–water partition coefficient (Wildman–Crippen LogP) is 3.98. The molecule has 128 valence electrons. The van der Waals surface area contributed by atoms with Gasteiger partial charge in [0.1, 0.15) is 11.3 Å². The van der Waals surface area contributed by atoms with E-state index in [9.17, 15) is 22.8 Å². The van der Waals surface area contributed by atoms with Crippen LogP contribution in [0.2, 0.25) is 0 Å². The normalized spacial score (nSPS) is 11.5. The van der Waals surface area contributed by atoms with E-state index in [1.54, 1.807) is 18.2 Å². The van der Waals surface area contributed by atoms with Gasteiger partial charge in [-0.1, -0.05) is 36.4 Å². The van der Waals surface area contributed by atoms with E-state index in [1.165, 1.54) is 36.5 Å². The quantitative estimate of drug-likeness (QED) is 0.532. The molecular weight excluding hydrogens is 335 g/mol. The molecule has 0 radical (unpaired) electrons. The third-order valence-corrected chi connectivity index (χ3v) is 3.77. The van der Waals surface area contributed by atoms with Crippen LogP contribution in [-0.2, 0) is 10.9 Å². The summed E-state index contributed by atoms with van der Waals surface area (Å²) in [5.74, 6) is -1.98. The maximum Gasteiger partial charge on any atom is 0.419 e. The number of esters is 1. The van der Waals surface area contributed by atoms with Gasteiger partial charge in [0.15, 0.2) is 0 Å². The molecule has 0 aliphatic carbocycles. The molecule has 4 nitrogen and oxygen atoms in total. The van der Waals surface area contributed by atoms with Gasteiger partial charge in [0.2, 0.25) is 5.78 Å². The number of aromatic nitrogens is 1. The number of hydrogen-bond acceptors (Lipinski definition) is 3. The van der Waals surface area contributed by atoms with Crippen LogP contribution in [0.1, 0.15) is 32.0 Å². The molecule has 0 atom stereocenters. The van der Waals surface area contributed by atoms with Crippen molar-refractivity contribution in [2.75, 3.05) is 7.11 Å². The number of halogens is 3. The number of benzene rings is 1. The molecule has 3 rings (SSSR count). The first kappa shape index (κ1) is 16.8. The second kappa shape index (κ2) is 6.08. The third kappa shape index (κ3) is 2.77. The van der Waals surface area contributed by atoms with Crippen molar-refractivity contribution >= 4 is 17.3 Å². The number of nitrogens with zero attached hydrogens (tertiary/aromatic N) is 1. The molecule has 7 heteroatoms. The maximum absolute atomic E-state index is 13.7. The minimum atomic E-state index is -4.91. The Kier molecular flexibility index (Phi) is 4.08. The lowest BCUT2D eigenvalue weighted by Gasteiger charge is -2.10. The summed E-state index contributed by atoms with van der Waals surface area (Å²) < 4.78 is 46.8. The Balaban J connectivity index is 2.42. The smallest absolute Gasteiger partial charge is 0.419 e. The lowest BCUT2D eigenvalue weighted by Crippen LogP contribution is -2.17. The zero-order valence-corrected chi connectivity index (χ0v) is 13.0. The van der Waals surface area contributed by atoms with Crippen LogP contribution in [0, 0.1) is 0 Å². The van der Waals surface area contributed by atoms with Crippen LogP contribution in [0.4, 0.5) is 13.2 Å². The minimum absolute atomic E-state index is 0.0408. The van der Waals surface area contributed by atoms with Crippen LogP contribution in [0.15, 0.2) is 54.7 Å². The summed E-state index contributed by atoms with van der Waals surface area (Å²) in [6.45, 7) is 0. The Bertz CT molecular complexity index is 959. The summed E-state index contributed by atoms with van der Waals surface area (Å²) in [6.07, 6.45) is -3.59. The Hall–Kier alpha value is -3.09. The number of ether oxygens (including phenoxy) is 1.